The first-order chi connectivity index (χ1) is 16.7. The molecular formula is C26H28Br2O7. The van der Waals surface area contributed by atoms with Gasteiger partial charge >= 0.3 is 11.9 Å². The second-order valence-electron chi connectivity index (χ2n) is 8.00. The predicted molar refractivity (Wildman–Crippen MR) is 139 cm³/mol. The lowest BCUT2D eigenvalue weighted by atomic mass is 10.0. The maximum absolute atomic E-state index is 12.4. The van der Waals surface area contributed by atoms with Crippen LogP contribution in [0, 0.1) is 0 Å². The first kappa shape index (κ1) is 27.1. The molecule has 0 radical (unpaired) electrons. The van der Waals surface area contributed by atoms with E-state index >= 15 is 0 Å². The number of rotatable bonds is 10. The number of hydrogen-bond donors (Lipinski definition) is 0. The third-order valence-electron chi connectivity index (χ3n) is 5.29. The second-order valence-corrected chi connectivity index (χ2v) is 9.65. The molecule has 0 aliphatic rings. The highest BCUT2D eigenvalue weighted by molar-refractivity contribution is 9.11. The molecule has 0 spiro atoms. The van der Waals surface area contributed by atoms with E-state index in [1.165, 1.54) is 0 Å². The van der Waals surface area contributed by atoms with Crippen molar-refractivity contribution in [1.82, 2.24) is 0 Å². The Morgan fingerprint density at radius 2 is 1.66 bits per heavy atom. The van der Waals surface area contributed by atoms with E-state index in [0.717, 1.165) is 11.3 Å². The minimum absolute atomic E-state index is 0.0602. The van der Waals surface area contributed by atoms with Crippen LogP contribution in [0.5, 0.6) is 17.2 Å². The highest BCUT2D eigenvalue weighted by Crippen LogP contribution is 2.45. The topological polar surface area (TPSA) is 84.2 Å². The Kier molecular flexibility index (Phi) is 9.24. The van der Waals surface area contributed by atoms with Crippen LogP contribution in [-0.2, 0) is 31.9 Å². The number of carbonyl (C=O) groups excluding carboxylic acids is 2. The molecule has 1 heterocycles. The monoisotopic (exact) mass is 610 g/mol. The molecule has 7 nitrogen and oxygen atoms in total. The van der Waals surface area contributed by atoms with Crippen molar-refractivity contribution in [1.29, 1.82) is 0 Å². The summed E-state index contributed by atoms with van der Waals surface area (Å²) in [6.07, 6.45) is -0.164. The molecule has 9 heteroatoms. The number of hydrogen-bond acceptors (Lipinski definition) is 7. The van der Waals surface area contributed by atoms with E-state index in [1.807, 2.05) is 18.2 Å². The summed E-state index contributed by atoms with van der Waals surface area (Å²) in [5.41, 5.74) is 2.06. The Labute approximate surface area is 221 Å². The minimum Gasteiger partial charge on any atom is -0.496 e. The number of halogens is 2. The van der Waals surface area contributed by atoms with E-state index in [0.29, 0.717) is 42.7 Å². The fraction of sp³-hybridized carbons (Fsp3) is 0.385. The molecule has 0 aliphatic heterocycles. The molecule has 0 saturated carbocycles. The van der Waals surface area contributed by atoms with Crippen LogP contribution < -0.4 is 9.47 Å². The normalized spacial score (nSPS) is 11.1. The van der Waals surface area contributed by atoms with Crippen molar-refractivity contribution in [2.45, 2.75) is 46.5 Å². The third-order valence-corrected chi connectivity index (χ3v) is 6.64. The van der Waals surface area contributed by atoms with Crippen LogP contribution in [0.4, 0.5) is 0 Å². The third kappa shape index (κ3) is 6.19. The number of esters is 2. The first-order valence-electron chi connectivity index (χ1n) is 11.3. The lowest BCUT2D eigenvalue weighted by molar-refractivity contribution is -0.143. The Balaban J connectivity index is 2.11. The predicted octanol–water partition coefficient (Wildman–Crippen LogP) is 7.09. The minimum atomic E-state index is -0.442. The fourth-order valence-electron chi connectivity index (χ4n) is 3.74. The molecule has 188 valence electrons. The Hall–Kier alpha value is -2.52. The largest absolute Gasteiger partial charge is 0.496 e. The van der Waals surface area contributed by atoms with Gasteiger partial charge in [0.1, 0.15) is 29.3 Å². The van der Waals surface area contributed by atoms with Gasteiger partial charge in [-0.2, -0.15) is 0 Å². The van der Waals surface area contributed by atoms with E-state index in [4.69, 9.17) is 23.4 Å². The summed E-state index contributed by atoms with van der Waals surface area (Å²) >= 11 is 7.21. The number of benzene rings is 2. The van der Waals surface area contributed by atoms with E-state index < -0.39 is 11.9 Å². The molecule has 3 rings (SSSR count). The van der Waals surface area contributed by atoms with Gasteiger partial charge in [0, 0.05) is 16.5 Å². The van der Waals surface area contributed by atoms with Gasteiger partial charge in [0.2, 0.25) is 0 Å². The van der Waals surface area contributed by atoms with Gasteiger partial charge in [-0.05, 0) is 75.9 Å². The summed E-state index contributed by atoms with van der Waals surface area (Å²) in [6.45, 7) is 8.13. The smallest absolute Gasteiger partial charge is 0.313 e. The SMILES string of the molecule is CCOC(=O)Cc1oc2cc(Br)c(Oc3ccc(OC)c(C(C)C)c3)c(Br)c2c1CC(=O)OCC. The average molecular weight is 612 g/mol. The summed E-state index contributed by atoms with van der Waals surface area (Å²) in [4.78, 5) is 24.6. The fourth-order valence-corrected chi connectivity index (χ4v) is 5.22. The lowest BCUT2D eigenvalue weighted by Gasteiger charge is -2.16. The van der Waals surface area contributed by atoms with Crippen molar-refractivity contribution in [3.8, 4) is 17.2 Å². The standard InChI is InChI=1S/C26H28Br2O7/c1-6-32-22(29)11-17-20(13-23(30)33-7-2)35-21-12-18(27)26(25(28)24(17)21)34-15-8-9-19(31-5)16(10-15)14(3)4/h8-10,12,14H,6-7,11,13H2,1-5H3. The molecule has 0 saturated heterocycles. The summed E-state index contributed by atoms with van der Waals surface area (Å²) in [7, 11) is 1.64. The van der Waals surface area contributed by atoms with Crippen molar-refractivity contribution in [3.05, 3.63) is 50.1 Å². The van der Waals surface area contributed by atoms with E-state index in [9.17, 15) is 9.59 Å². The number of ether oxygens (including phenoxy) is 4. The Morgan fingerprint density at radius 3 is 2.26 bits per heavy atom. The van der Waals surface area contributed by atoms with Gasteiger partial charge in [0.25, 0.3) is 0 Å². The van der Waals surface area contributed by atoms with Gasteiger partial charge in [-0.3, -0.25) is 9.59 Å². The first-order valence-corrected chi connectivity index (χ1v) is 12.9. The molecule has 0 aliphatic carbocycles. The zero-order valence-corrected chi connectivity index (χ0v) is 23.5. The van der Waals surface area contributed by atoms with Crippen molar-refractivity contribution in [2.24, 2.45) is 0 Å². The maximum Gasteiger partial charge on any atom is 0.313 e. The van der Waals surface area contributed by atoms with E-state index in [2.05, 4.69) is 45.7 Å². The van der Waals surface area contributed by atoms with Gasteiger partial charge in [-0.15, -0.1) is 0 Å². The molecule has 35 heavy (non-hydrogen) atoms. The quantitative estimate of drug-likeness (QED) is 0.226. The molecule has 0 atom stereocenters. The van der Waals surface area contributed by atoms with Gasteiger partial charge in [0.05, 0.1) is 35.7 Å². The van der Waals surface area contributed by atoms with Crippen molar-refractivity contribution >= 4 is 54.8 Å². The molecule has 2 aromatic carbocycles. The van der Waals surface area contributed by atoms with Crippen LogP contribution in [0.15, 0.2) is 37.6 Å². The molecule has 3 aromatic rings. The molecule has 0 amide bonds. The van der Waals surface area contributed by atoms with Crippen LogP contribution in [0.3, 0.4) is 0 Å². The number of fused-ring (bicyclic) bond motifs is 1. The maximum atomic E-state index is 12.4. The van der Waals surface area contributed by atoms with Crippen molar-refractivity contribution in [2.75, 3.05) is 20.3 Å². The highest BCUT2D eigenvalue weighted by Gasteiger charge is 2.25. The molecule has 0 N–H and O–H groups in total. The van der Waals surface area contributed by atoms with Gasteiger partial charge in [0.15, 0.2) is 5.75 Å². The van der Waals surface area contributed by atoms with E-state index in [1.54, 1.807) is 27.0 Å². The van der Waals surface area contributed by atoms with Crippen LogP contribution in [0.1, 0.15) is 50.5 Å². The molecule has 0 unspecified atom stereocenters. The number of furan rings is 1. The lowest BCUT2D eigenvalue weighted by Crippen LogP contribution is -2.12. The average Bonchev–Trinajstić information content (AvgIpc) is 3.12. The summed E-state index contributed by atoms with van der Waals surface area (Å²) in [6, 6.07) is 7.39. The molecule has 0 fully saturated rings. The molecule has 0 bridgehead atoms. The van der Waals surface area contributed by atoms with Crippen LogP contribution in [0.2, 0.25) is 0 Å². The summed E-state index contributed by atoms with van der Waals surface area (Å²) < 4.78 is 29.2. The van der Waals surface area contributed by atoms with Crippen molar-refractivity contribution in [3.63, 3.8) is 0 Å². The van der Waals surface area contributed by atoms with E-state index in [-0.39, 0.29) is 32.0 Å². The summed E-state index contributed by atoms with van der Waals surface area (Å²) in [5.74, 6) is 1.64. The van der Waals surface area contributed by atoms with Crippen LogP contribution >= 0.6 is 31.9 Å². The molecule has 1 aromatic heterocycles. The Morgan fingerprint density at radius 1 is 1.00 bits per heavy atom. The Bertz CT molecular complexity index is 1230. The summed E-state index contributed by atoms with van der Waals surface area (Å²) in [5, 5.41) is 0.633. The zero-order valence-electron chi connectivity index (χ0n) is 20.3. The zero-order chi connectivity index (χ0) is 25.7. The van der Waals surface area contributed by atoms with Gasteiger partial charge in [-0.1, -0.05) is 13.8 Å². The van der Waals surface area contributed by atoms with Gasteiger partial charge < -0.3 is 23.4 Å². The van der Waals surface area contributed by atoms with Crippen molar-refractivity contribution < 1.29 is 33.0 Å². The highest BCUT2D eigenvalue weighted by atomic mass is 79.9. The second kappa shape index (κ2) is 11.9. The number of methoxy groups -OCH3 is 1. The molecular weight excluding hydrogens is 584 g/mol. The number of carbonyl (C=O) groups is 2. The van der Waals surface area contributed by atoms with Gasteiger partial charge in [-0.25, -0.2) is 0 Å². The van der Waals surface area contributed by atoms with Crippen LogP contribution in [0.25, 0.3) is 11.0 Å². The van der Waals surface area contributed by atoms with Crippen LogP contribution in [-0.4, -0.2) is 32.3 Å².